The molecule has 0 bridgehead atoms. The molecule has 0 saturated carbocycles. The summed E-state index contributed by atoms with van der Waals surface area (Å²) >= 11 is 3.72. The van der Waals surface area contributed by atoms with Gasteiger partial charge in [0.1, 0.15) is 0 Å². The Morgan fingerprint density at radius 2 is 2.33 bits per heavy atom. The number of aliphatic hydroxyl groups is 1. The normalized spacial score (nSPS) is 12.9. The van der Waals surface area contributed by atoms with Crippen LogP contribution in [0.3, 0.4) is 0 Å². The minimum absolute atomic E-state index is 0.0232. The maximum absolute atomic E-state index is 11.7. The molecule has 1 aromatic heterocycles. The van der Waals surface area contributed by atoms with Crippen molar-refractivity contribution in [3.63, 3.8) is 0 Å². The maximum atomic E-state index is 11.7. The lowest BCUT2D eigenvalue weighted by atomic mass is 10.1. The van der Waals surface area contributed by atoms with Gasteiger partial charge in [-0.05, 0) is 34.6 Å². The van der Waals surface area contributed by atoms with Crippen molar-refractivity contribution >= 4 is 39.8 Å². The van der Waals surface area contributed by atoms with E-state index in [9.17, 15) is 4.79 Å². The van der Waals surface area contributed by atoms with Crippen molar-refractivity contribution in [3.8, 4) is 0 Å². The van der Waals surface area contributed by atoms with Crippen LogP contribution in [0.4, 0.5) is 0 Å². The highest BCUT2D eigenvalue weighted by molar-refractivity contribution is 14.1. The minimum atomic E-state index is -0.171. The zero-order valence-corrected chi connectivity index (χ0v) is 11.6. The van der Waals surface area contributed by atoms with Gasteiger partial charge in [-0.3, -0.25) is 4.79 Å². The smallest absolute Gasteiger partial charge is 0.252 e. The number of hydrogen-bond acceptors (Lipinski definition) is 3. The van der Waals surface area contributed by atoms with Crippen LogP contribution in [0.5, 0.6) is 0 Å². The van der Waals surface area contributed by atoms with E-state index in [-0.39, 0.29) is 24.5 Å². The van der Waals surface area contributed by atoms with Gasteiger partial charge in [0, 0.05) is 5.38 Å². The van der Waals surface area contributed by atoms with Crippen LogP contribution in [0.1, 0.15) is 24.2 Å². The van der Waals surface area contributed by atoms with Crippen LogP contribution in [-0.2, 0) is 0 Å². The van der Waals surface area contributed by atoms with Crippen molar-refractivity contribution in [2.75, 3.05) is 6.61 Å². The lowest BCUT2D eigenvalue weighted by Gasteiger charge is -2.19. The third kappa shape index (κ3) is 3.73. The van der Waals surface area contributed by atoms with Gasteiger partial charge in [0.05, 0.1) is 21.1 Å². The number of nitrogens with one attached hydrogen (secondary N) is 1. The largest absolute Gasteiger partial charge is 0.394 e. The molecule has 3 nitrogen and oxygen atoms in total. The minimum Gasteiger partial charge on any atom is -0.394 e. The van der Waals surface area contributed by atoms with Crippen LogP contribution in [0.15, 0.2) is 11.4 Å². The van der Waals surface area contributed by atoms with Crippen LogP contribution in [0.25, 0.3) is 0 Å². The average Bonchev–Trinajstić information content (AvgIpc) is 2.60. The predicted molar refractivity (Wildman–Crippen MR) is 70.2 cm³/mol. The van der Waals surface area contributed by atoms with E-state index in [1.807, 2.05) is 25.3 Å². The number of rotatable bonds is 4. The summed E-state index contributed by atoms with van der Waals surface area (Å²) in [6.45, 7) is 3.92. The summed E-state index contributed by atoms with van der Waals surface area (Å²) in [6, 6.07) is 1.67. The number of thiophene rings is 1. The van der Waals surface area contributed by atoms with E-state index in [2.05, 4.69) is 27.9 Å². The molecular weight excluding hydrogens is 325 g/mol. The van der Waals surface area contributed by atoms with Gasteiger partial charge in [-0.2, -0.15) is 0 Å². The van der Waals surface area contributed by atoms with Crippen LogP contribution < -0.4 is 5.32 Å². The average molecular weight is 339 g/mol. The molecule has 15 heavy (non-hydrogen) atoms. The lowest BCUT2D eigenvalue weighted by molar-refractivity contribution is 0.0897. The molecule has 1 unspecified atom stereocenters. The quantitative estimate of drug-likeness (QED) is 0.826. The number of halogens is 1. The molecule has 0 radical (unpaired) electrons. The fourth-order valence-electron chi connectivity index (χ4n) is 1.10. The van der Waals surface area contributed by atoms with E-state index in [4.69, 9.17) is 5.11 Å². The van der Waals surface area contributed by atoms with Gasteiger partial charge in [-0.1, -0.05) is 13.8 Å². The summed E-state index contributed by atoms with van der Waals surface area (Å²) in [6.07, 6.45) is 0. The molecule has 0 aliphatic heterocycles. The molecule has 1 rings (SSSR count). The molecule has 0 aliphatic carbocycles. The molecule has 0 saturated heterocycles. The Kier molecular flexibility index (Phi) is 5.01. The maximum Gasteiger partial charge on any atom is 0.252 e. The first kappa shape index (κ1) is 12.9. The third-order valence-corrected chi connectivity index (χ3v) is 3.94. The molecule has 1 amide bonds. The van der Waals surface area contributed by atoms with Gasteiger partial charge in [-0.15, -0.1) is 11.3 Å². The van der Waals surface area contributed by atoms with Crippen molar-refractivity contribution < 1.29 is 9.90 Å². The molecule has 84 valence electrons. The number of hydrogen-bond donors (Lipinski definition) is 2. The second kappa shape index (κ2) is 5.81. The van der Waals surface area contributed by atoms with Crippen LogP contribution >= 0.6 is 33.9 Å². The van der Waals surface area contributed by atoms with Gasteiger partial charge in [0.2, 0.25) is 0 Å². The number of carbonyl (C=O) groups is 1. The second-order valence-electron chi connectivity index (χ2n) is 3.65. The fraction of sp³-hybridized carbons (Fsp3) is 0.500. The molecule has 1 atom stereocenters. The van der Waals surface area contributed by atoms with E-state index in [0.29, 0.717) is 5.56 Å². The van der Waals surface area contributed by atoms with E-state index in [1.165, 1.54) is 11.3 Å². The van der Waals surface area contributed by atoms with Gasteiger partial charge in [-0.25, -0.2) is 0 Å². The molecular formula is C10H14INO2S. The molecule has 0 spiro atoms. The molecule has 1 aromatic rings. The number of carbonyl (C=O) groups excluding carboxylic acids is 1. The monoisotopic (exact) mass is 339 g/mol. The van der Waals surface area contributed by atoms with Crippen LogP contribution in [-0.4, -0.2) is 23.7 Å². The molecule has 0 fully saturated rings. The molecule has 0 aromatic carbocycles. The zero-order valence-electron chi connectivity index (χ0n) is 8.66. The van der Waals surface area contributed by atoms with Crippen molar-refractivity contribution in [1.82, 2.24) is 5.32 Å². The Labute approximate surface area is 107 Å². The summed E-state index contributed by atoms with van der Waals surface area (Å²) in [5.74, 6) is 0.124. The molecule has 5 heteroatoms. The highest BCUT2D eigenvalue weighted by Crippen LogP contribution is 2.16. The van der Waals surface area contributed by atoms with Crippen LogP contribution in [0, 0.1) is 8.80 Å². The summed E-state index contributed by atoms with van der Waals surface area (Å²) < 4.78 is 1.09. The molecule has 2 N–H and O–H groups in total. The fourth-order valence-corrected chi connectivity index (χ4v) is 2.43. The Bertz CT molecular complexity index is 338. The van der Waals surface area contributed by atoms with E-state index in [0.717, 1.165) is 2.88 Å². The van der Waals surface area contributed by atoms with Crippen LogP contribution in [0.2, 0.25) is 0 Å². The number of aliphatic hydroxyl groups excluding tert-OH is 1. The Balaban J connectivity index is 2.62. The Morgan fingerprint density at radius 3 is 2.73 bits per heavy atom. The molecule has 1 heterocycles. The lowest BCUT2D eigenvalue weighted by Crippen LogP contribution is -2.40. The Morgan fingerprint density at radius 1 is 1.67 bits per heavy atom. The first-order chi connectivity index (χ1) is 7.04. The van der Waals surface area contributed by atoms with E-state index in [1.54, 1.807) is 0 Å². The second-order valence-corrected chi connectivity index (χ2v) is 6.45. The van der Waals surface area contributed by atoms with Crippen molar-refractivity contribution in [1.29, 1.82) is 0 Å². The predicted octanol–water partition coefficient (Wildman–Crippen LogP) is 2.10. The topological polar surface area (TPSA) is 49.3 Å². The van der Waals surface area contributed by atoms with E-state index >= 15 is 0 Å². The Hall–Kier alpha value is -0.140. The first-order valence-corrected chi connectivity index (χ1v) is 6.66. The SMILES string of the molecule is CC(C)C(CO)NC(=O)c1csc(I)c1. The highest BCUT2D eigenvalue weighted by Gasteiger charge is 2.16. The highest BCUT2D eigenvalue weighted by atomic mass is 127. The van der Waals surface area contributed by atoms with Crippen molar-refractivity contribution in [2.24, 2.45) is 5.92 Å². The zero-order chi connectivity index (χ0) is 11.4. The third-order valence-electron chi connectivity index (χ3n) is 2.15. The summed E-state index contributed by atoms with van der Waals surface area (Å²) in [5.41, 5.74) is 0.670. The van der Waals surface area contributed by atoms with Gasteiger partial charge < -0.3 is 10.4 Å². The van der Waals surface area contributed by atoms with Crippen molar-refractivity contribution in [2.45, 2.75) is 19.9 Å². The standard InChI is InChI=1S/C10H14INO2S/c1-6(2)8(4-13)12-10(14)7-3-9(11)15-5-7/h3,5-6,8,13H,4H2,1-2H3,(H,12,14). The van der Waals surface area contributed by atoms with Gasteiger partial charge in [0.25, 0.3) is 5.91 Å². The van der Waals surface area contributed by atoms with Gasteiger partial charge in [0.15, 0.2) is 0 Å². The number of amides is 1. The van der Waals surface area contributed by atoms with Crippen molar-refractivity contribution in [3.05, 3.63) is 19.9 Å². The summed E-state index contributed by atoms with van der Waals surface area (Å²) in [7, 11) is 0. The molecule has 0 aliphatic rings. The van der Waals surface area contributed by atoms with Gasteiger partial charge >= 0.3 is 0 Å². The summed E-state index contributed by atoms with van der Waals surface area (Å²) in [5, 5.41) is 13.7. The van der Waals surface area contributed by atoms with E-state index < -0.39 is 0 Å². The summed E-state index contributed by atoms with van der Waals surface area (Å²) in [4.78, 5) is 11.7. The first-order valence-electron chi connectivity index (χ1n) is 4.70.